The summed E-state index contributed by atoms with van der Waals surface area (Å²) < 4.78 is 38.7. The Bertz CT molecular complexity index is 368. The first-order chi connectivity index (χ1) is 8.55. The molecule has 0 aromatic heterocycles. The van der Waals surface area contributed by atoms with Crippen molar-refractivity contribution in [2.45, 2.75) is 51.2 Å². The fraction of sp³-hybridized carbons (Fsp3) is 0.833. The molecule has 1 aliphatic rings. The molecule has 1 amide bonds. The predicted molar refractivity (Wildman–Crippen MR) is 70.5 cm³/mol. The van der Waals surface area contributed by atoms with Crippen LogP contribution in [0.3, 0.4) is 0 Å². The van der Waals surface area contributed by atoms with E-state index in [2.05, 4.69) is 5.32 Å². The number of hydrogen-bond acceptors (Lipinski definition) is 2. The fourth-order valence-electron chi connectivity index (χ4n) is 2.30. The maximum absolute atomic E-state index is 12.9. The van der Waals surface area contributed by atoms with E-state index in [0.717, 1.165) is 0 Å². The Balaban J connectivity index is 2.81. The highest BCUT2D eigenvalue weighted by molar-refractivity contribution is 7.80. The van der Waals surface area contributed by atoms with Gasteiger partial charge < -0.3 is 11.1 Å². The third-order valence-corrected chi connectivity index (χ3v) is 4.09. The van der Waals surface area contributed by atoms with E-state index >= 15 is 0 Å². The van der Waals surface area contributed by atoms with Gasteiger partial charge in [0.1, 0.15) is 0 Å². The number of carbonyl (C=O) groups is 1. The molecule has 0 heterocycles. The maximum Gasteiger partial charge on any atom is 0.392 e. The highest BCUT2D eigenvalue weighted by atomic mass is 32.1. The first kappa shape index (κ1) is 16.2. The van der Waals surface area contributed by atoms with Gasteiger partial charge in [0, 0.05) is 5.92 Å². The van der Waals surface area contributed by atoms with Crippen molar-refractivity contribution in [2.24, 2.45) is 17.6 Å². The quantitative estimate of drug-likeness (QED) is 0.787. The summed E-state index contributed by atoms with van der Waals surface area (Å²) in [6.45, 7) is 3.16. The molecular weight excluding hydrogens is 277 g/mol. The van der Waals surface area contributed by atoms with Gasteiger partial charge in [0.05, 0.1) is 16.4 Å². The van der Waals surface area contributed by atoms with Crippen LogP contribution in [-0.4, -0.2) is 22.6 Å². The van der Waals surface area contributed by atoms with Crippen LogP contribution >= 0.6 is 12.2 Å². The van der Waals surface area contributed by atoms with Gasteiger partial charge in [-0.25, -0.2) is 0 Å². The molecule has 1 saturated carbocycles. The second-order valence-electron chi connectivity index (χ2n) is 5.52. The highest BCUT2D eigenvalue weighted by Gasteiger charge is 2.48. The summed E-state index contributed by atoms with van der Waals surface area (Å²) >= 11 is 4.80. The standard InChI is InChI=1S/C12H19F3N2OS/c1-11(2,10(16)19)17-9(18)7-5-3-4-6-8(7)12(13,14)15/h7-8H,3-6H2,1-2H3,(H2,16,19)(H,17,18). The van der Waals surface area contributed by atoms with Crippen LogP contribution in [0, 0.1) is 11.8 Å². The van der Waals surface area contributed by atoms with E-state index in [0.29, 0.717) is 12.8 Å². The number of nitrogens with one attached hydrogen (secondary N) is 1. The zero-order valence-electron chi connectivity index (χ0n) is 11.0. The van der Waals surface area contributed by atoms with Crippen molar-refractivity contribution < 1.29 is 18.0 Å². The molecule has 0 aliphatic heterocycles. The largest absolute Gasteiger partial charge is 0.392 e. The molecular formula is C12H19F3N2OS. The van der Waals surface area contributed by atoms with Crippen LogP contribution in [0.5, 0.6) is 0 Å². The number of rotatable bonds is 3. The number of amides is 1. The zero-order chi connectivity index (χ0) is 14.8. The van der Waals surface area contributed by atoms with Gasteiger partial charge in [0.2, 0.25) is 5.91 Å². The number of hydrogen-bond donors (Lipinski definition) is 2. The summed E-state index contributed by atoms with van der Waals surface area (Å²) in [7, 11) is 0. The summed E-state index contributed by atoms with van der Waals surface area (Å²) in [5.41, 5.74) is 4.49. The van der Waals surface area contributed by atoms with Crippen LogP contribution in [0.25, 0.3) is 0 Å². The van der Waals surface area contributed by atoms with Crippen molar-refractivity contribution in [3.63, 3.8) is 0 Å². The smallest absolute Gasteiger partial charge is 0.391 e. The van der Waals surface area contributed by atoms with E-state index in [-0.39, 0.29) is 17.8 Å². The molecule has 2 unspecified atom stereocenters. The lowest BCUT2D eigenvalue weighted by molar-refractivity contribution is -0.198. The Labute approximate surface area is 116 Å². The molecule has 1 aliphatic carbocycles. The molecule has 1 fully saturated rings. The molecule has 19 heavy (non-hydrogen) atoms. The van der Waals surface area contributed by atoms with Crippen LogP contribution in [0.15, 0.2) is 0 Å². The number of carbonyl (C=O) groups excluding carboxylic acids is 1. The molecule has 0 radical (unpaired) electrons. The van der Waals surface area contributed by atoms with Crippen molar-refractivity contribution in [1.82, 2.24) is 5.32 Å². The molecule has 0 spiro atoms. The van der Waals surface area contributed by atoms with Crippen LogP contribution in [0.1, 0.15) is 39.5 Å². The Hall–Kier alpha value is -0.850. The average molecular weight is 296 g/mol. The monoisotopic (exact) mass is 296 g/mol. The van der Waals surface area contributed by atoms with Crippen LogP contribution < -0.4 is 11.1 Å². The van der Waals surface area contributed by atoms with Crippen LogP contribution in [-0.2, 0) is 4.79 Å². The lowest BCUT2D eigenvalue weighted by Gasteiger charge is -2.34. The van der Waals surface area contributed by atoms with Crippen molar-refractivity contribution >= 4 is 23.1 Å². The molecule has 0 aromatic rings. The summed E-state index contributed by atoms with van der Waals surface area (Å²) in [5, 5.41) is 2.52. The topological polar surface area (TPSA) is 55.1 Å². The Morgan fingerprint density at radius 3 is 2.26 bits per heavy atom. The van der Waals surface area contributed by atoms with Crippen molar-refractivity contribution in [2.75, 3.05) is 0 Å². The van der Waals surface area contributed by atoms with Gasteiger partial charge in [0.25, 0.3) is 0 Å². The van der Waals surface area contributed by atoms with Crippen molar-refractivity contribution in [3.8, 4) is 0 Å². The van der Waals surface area contributed by atoms with Gasteiger partial charge in [-0.3, -0.25) is 4.79 Å². The van der Waals surface area contributed by atoms with E-state index < -0.39 is 29.5 Å². The van der Waals surface area contributed by atoms with E-state index in [1.54, 1.807) is 13.8 Å². The average Bonchev–Trinajstić information content (AvgIpc) is 2.27. The first-order valence-corrected chi connectivity index (χ1v) is 6.65. The first-order valence-electron chi connectivity index (χ1n) is 6.24. The highest BCUT2D eigenvalue weighted by Crippen LogP contribution is 2.41. The molecule has 0 saturated heterocycles. The third kappa shape index (κ3) is 4.06. The SMILES string of the molecule is CC(C)(NC(=O)C1CCCCC1C(F)(F)F)C(N)=S. The molecule has 3 N–H and O–H groups in total. The number of nitrogens with two attached hydrogens (primary N) is 1. The Morgan fingerprint density at radius 1 is 1.26 bits per heavy atom. The second kappa shape index (κ2) is 5.64. The zero-order valence-corrected chi connectivity index (χ0v) is 11.8. The van der Waals surface area contributed by atoms with Crippen molar-refractivity contribution in [3.05, 3.63) is 0 Å². The number of halogens is 3. The molecule has 0 bridgehead atoms. The lowest BCUT2D eigenvalue weighted by atomic mass is 9.78. The molecule has 3 nitrogen and oxygen atoms in total. The van der Waals surface area contributed by atoms with Gasteiger partial charge in [0.15, 0.2) is 0 Å². The predicted octanol–water partition coefficient (Wildman–Crippen LogP) is 2.54. The summed E-state index contributed by atoms with van der Waals surface area (Å²) in [4.78, 5) is 12.1. The molecule has 1 rings (SSSR count). The van der Waals surface area contributed by atoms with E-state index in [1.165, 1.54) is 0 Å². The van der Waals surface area contributed by atoms with Gasteiger partial charge in [-0.05, 0) is 26.7 Å². The maximum atomic E-state index is 12.9. The fourth-order valence-corrected chi connectivity index (χ4v) is 2.35. The molecule has 7 heteroatoms. The second-order valence-corrected chi connectivity index (χ2v) is 5.96. The lowest BCUT2D eigenvalue weighted by Crippen LogP contribution is -2.55. The van der Waals surface area contributed by atoms with Gasteiger partial charge >= 0.3 is 6.18 Å². The number of thiocarbonyl (C=S) groups is 1. The summed E-state index contributed by atoms with van der Waals surface area (Å²) in [5.74, 6) is -3.22. The third-order valence-electron chi connectivity index (χ3n) is 3.57. The summed E-state index contributed by atoms with van der Waals surface area (Å²) in [6, 6.07) is 0. The molecule has 110 valence electrons. The Kier molecular flexibility index (Phi) is 4.81. The Morgan fingerprint density at radius 2 is 1.79 bits per heavy atom. The minimum Gasteiger partial charge on any atom is -0.391 e. The summed E-state index contributed by atoms with van der Waals surface area (Å²) in [6.07, 6.45) is -2.93. The molecule has 0 aromatic carbocycles. The van der Waals surface area contributed by atoms with Gasteiger partial charge in [-0.15, -0.1) is 0 Å². The minimum atomic E-state index is -4.34. The normalized spacial score (nSPS) is 24.9. The van der Waals surface area contributed by atoms with Gasteiger partial charge in [-0.1, -0.05) is 25.1 Å². The van der Waals surface area contributed by atoms with Crippen LogP contribution in [0.2, 0.25) is 0 Å². The van der Waals surface area contributed by atoms with Crippen molar-refractivity contribution in [1.29, 1.82) is 0 Å². The van der Waals surface area contributed by atoms with Gasteiger partial charge in [-0.2, -0.15) is 13.2 Å². The molecule has 2 atom stereocenters. The minimum absolute atomic E-state index is 0.00901. The number of alkyl halides is 3. The van der Waals surface area contributed by atoms with E-state index in [1.807, 2.05) is 0 Å². The van der Waals surface area contributed by atoms with E-state index in [9.17, 15) is 18.0 Å². The van der Waals surface area contributed by atoms with E-state index in [4.69, 9.17) is 18.0 Å². The van der Waals surface area contributed by atoms with Crippen LogP contribution in [0.4, 0.5) is 13.2 Å².